The van der Waals surface area contributed by atoms with E-state index < -0.39 is 18.0 Å². The van der Waals surface area contributed by atoms with Gasteiger partial charge in [0.05, 0.1) is 0 Å². The smallest absolute Gasteiger partial charge is 0.345 e. The highest BCUT2D eigenvalue weighted by Crippen LogP contribution is 2.17. The number of hydrogen-bond donors (Lipinski definition) is 1. The summed E-state index contributed by atoms with van der Waals surface area (Å²) in [5.41, 5.74) is 0. The second-order valence-corrected chi connectivity index (χ2v) is 3.81. The highest BCUT2D eigenvalue weighted by molar-refractivity contribution is 5.81. The first kappa shape index (κ1) is 12.0. The van der Waals surface area contributed by atoms with Crippen molar-refractivity contribution in [2.24, 2.45) is 0 Å². The second kappa shape index (κ2) is 5.11. The van der Waals surface area contributed by atoms with Gasteiger partial charge in [-0.25, -0.2) is 4.79 Å². The molecule has 2 unspecified atom stereocenters. The van der Waals surface area contributed by atoms with Crippen molar-refractivity contribution in [1.82, 2.24) is 4.90 Å². The van der Waals surface area contributed by atoms with E-state index in [2.05, 4.69) is 0 Å². The molecule has 15 heavy (non-hydrogen) atoms. The van der Waals surface area contributed by atoms with Crippen LogP contribution >= 0.6 is 0 Å². The monoisotopic (exact) mass is 215 g/mol. The predicted octanol–water partition coefficient (Wildman–Crippen LogP) is 0.487. The van der Waals surface area contributed by atoms with Crippen LogP contribution in [0.4, 0.5) is 0 Å². The van der Waals surface area contributed by atoms with Crippen LogP contribution in [0.2, 0.25) is 0 Å². The Labute approximate surface area is 89.0 Å². The molecule has 5 heteroatoms. The van der Waals surface area contributed by atoms with Crippen LogP contribution in [0.5, 0.6) is 0 Å². The lowest BCUT2D eigenvalue weighted by atomic mass is 10.2. The van der Waals surface area contributed by atoms with Crippen molar-refractivity contribution >= 4 is 11.9 Å². The molecule has 0 aromatic heterocycles. The quantitative estimate of drug-likeness (QED) is 0.691. The fourth-order valence-electron chi connectivity index (χ4n) is 1.74. The van der Waals surface area contributed by atoms with E-state index in [1.54, 1.807) is 6.92 Å². The second-order valence-electron chi connectivity index (χ2n) is 3.81. The van der Waals surface area contributed by atoms with Gasteiger partial charge in [0.2, 0.25) is 0 Å². The number of carbonyl (C=O) groups is 2. The van der Waals surface area contributed by atoms with Crippen LogP contribution < -0.4 is 0 Å². The molecular formula is C10H17NO4. The number of hydrogen-bond acceptors (Lipinski definition) is 4. The highest BCUT2D eigenvalue weighted by atomic mass is 16.6. The average molecular weight is 215 g/mol. The van der Waals surface area contributed by atoms with Crippen LogP contribution in [0.25, 0.3) is 0 Å². The van der Waals surface area contributed by atoms with Crippen molar-refractivity contribution in [1.29, 1.82) is 0 Å². The Balaban J connectivity index is 2.50. The van der Waals surface area contributed by atoms with Gasteiger partial charge < -0.3 is 9.84 Å². The zero-order valence-corrected chi connectivity index (χ0v) is 9.10. The van der Waals surface area contributed by atoms with Crippen molar-refractivity contribution in [2.75, 3.05) is 13.6 Å². The zero-order valence-electron chi connectivity index (χ0n) is 9.10. The number of rotatable bonds is 4. The lowest BCUT2D eigenvalue weighted by Crippen LogP contribution is -2.38. The Kier molecular flexibility index (Phi) is 4.08. The standard InChI is InChI=1S/C10H17NO4/c1-3-8(9(12)13)15-10(14)7-5-4-6-11(7)2/h7-8H,3-6H2,1-2H3,(H,12,13). The number of carbonyl (C=O) groups excluding carboxylic acids is 1. The summed E-state index contributed by atoms with van der Waals surface area (Å²) in [7, 11) is 1.85. The molecule has 86 valence electrons. The molecule has 0 amide bonds. The molecular weight excluding hydrogens is 198 g/mol. The molecule has 1 heterocycles. The molecule has 0 saturated carbocycles. The molecule has 1 rings (SSSR count). The summed E-state index contributed by atoms with van der Waals surface area (Å²) in [5.74, 6) is -1.49. The zero-order chi connectivity index (χ0) is 11.4. The molecule has 1 fully saturated rings. The number of ether oxygens (including phenoxy) is 1. The van der Waals surface area contributed by atoms with Crippen LogP contribution in [0.3, 0.4) is 0 Å². The minimum atomic E-state index is -1.08. The Hall–Kier alpha value is -1.10. The van der Waals surface area contributed by atoms with E-state index >= 15 is 0 Å². The van der Waals surface area contributed by atoms with Crippen LogP contribution in [-0.4, -0.2) is 47.7 Å². The minimum Gasteiger partial charge on any atom is -0.479 e. The summed E-state index contributed by atoms with van der Waals surface area (Å²) < 4.78 is 4.94. The maximum atomic E-state index is 11.6. The van der Waals surface area contributed by atoms with Crippen molar-refractivity contribution in [3.63, 3.8) is 0 Å². The summed E-state index contributed by atoms with van der Waals surface area (Å²) in [5, 5.41) is 8.74. The molecule has 0 aromatic rings. The topological polar surface area (TPSA) is 66.8 Å². The van der Waals surface area contributed by atoms with Gasteiger partial charge in [-0.05, 0) is 32.9 Å². The first-order chi connectivity index (χ1) is 7.06. The molecule has 1 saturated heterocycles. The summed E-state index contributed by atoms with van der Waals surface area (Å²) in [6.45, 7) is 2.55. The first-order valence-electron chi connectivity index (χ1n) is 5.19. The summed E-state index contributed by atoms with van der Waals surface area (Å²) >= 11 is 0. The third-order valence-corrected chi connectivity index (χ3v) is 2.70. The SMILES string of the molecule is CCC(OC(=O)C1CCCN1C)C(=O)O. The number of nitrogens with zero attached hydrogens (tertiary/aromatic N) is 1. The van der Waals surface area contributed by atoms with Gasteiger partial charge in [-0.1, -0.05) is 6.92 Å². The number of carboxylic acid groups (broad SMARTS) is 1. The van der Waals surface area contributed by atoms with E-state index in [4.69, 9.17) is 9.84 Å². The number of likely N-dealkylation sites (tertiary alicyclic amines) is 1. The van der Waals surface area contributed by atoms with Crippen LogP contribution in [0.15, 0.2) is 0 Å². The third kappa shape index (κ3) is 2.92. The molecule has 0 aromatic carbocycles. The summed E-state index contributed by atoms with van der Waals surface area (Å²) in [4.78, 5) is 24.2. The Bertz CT molecular complexity index is 254. The van der Waals surface area contributed by atoms with Gasteiger partial charge in [-0.15, -0.1) is 0 Å². The van der Waals surface area contributed by atoms with Gasteiger partial charge >= 0.3 is 11.9 Å². The maximum absolute atomic E-state index is 11.6. The van der Waals surface area contributed by atoms with Gasteiger partial charge in [-0.3, -0.25) is 9.69 Å². The summed E-state index contributed by atoms with van der Waals surface area (Å²) in [6, 6.07) is -0.265. The predicted molar refractivity (Wildman–Crippen MR) is 53.5 cm³/mol. The van der Waals surface area contributed by atoms with E-state index in [9.17, 15) is 9.59 Å². The van der Waals surface area contributed by atoms with E-state index in [0.717, 1.165) is 19.4 Å². The van der Waals surface area contributed by atoms with Gasteiger partial charge in [0, 0.05) is 0 Å². The molecule has 1 aliphatic rings. The van der Waals surface area contributed by atoms with Gasteiger partial charge in [-0.2, -0.15) is 0 Å². The average Bonchev–Trinajstić information content (AvgIpc) is 2.60. The van der Waals surface area contributed by atoms with Crippen molar-refractivity contribution in [3.8, 4) is 0 Å². The lowest BCUT2D eigenvalue weighted by molar-refractivity contribution is -0.167. The first-order valence-corrected chi connectivity index (χ1v) is 5.19. The Morgan fingerprint density at radius 2 is 2.27 bits per heavy atom. The van der Waals surface area contributed by atoms with Crippen molar-refractivity contribution in [3.05, 3.63) is 0 Å². The molecule has 5 nitrogen and oxygen atoms in total. The van der Waals surface area contributed by atoms with Crippen molar-refractivity contribution in [2.45, 2.75) is 38.3 Å². The third-order valence-electron chi connectivity index (χ3n) is 2.70. The van der Waals surface area contributed by atoms with Crippen molar-refractivity contribution < 1.29 is 19.4 Å². The summed E-state index contributed by atoms with van der Waals surface area (Å²) in [6.07, 6.45) is 1.01. The minimum absolute atomic E-state index is 0.265. The van der Waals surface area contributed by atoms with E-state index in [1.807, 2.05) is 11.9 Å². The highest BCUT2D eigenvalue weighted by Gasteiger charge is 2.31. The van der Waals surface area contributed by atoms with Crippen LogP contribution in [0.1, 0.15) is 26.2 Å². The van der Waals surface area contributed by atoms with Crippen LogP contribution in [0, 0.1) is 0 Å². The lowest BCUT2D eigenvalue weighted by Gasteiger charge is -2.20. The Morgan fingerprint density at radius 1 is 1.60 bits per heavy atom. The maximum Gasteiger partial charge on any atom is 0.345 e. The van der Waals surface area contributed by atoms with E-state index in [0.29, 0.717) is 6.42 Å². The number of likely N-dealkylation sites (N-methyl/N-ethyl adjacent to an activating group) is 1. The molecule has 0 spiro atoms. The number of esters is 1. The molecule has 2 atom stereocenters. The molecule has 1 N–H and O–H groups in total. The van der Waals surface area contributed by atoms with Gasteiger partial charge in [0.15, 0.2) is 6.10 Å². The van der Waals surface area contributed by atoms with Gasteiger partial charge in [0.1, 0.15) is 6.04 Å². The van der Waals surface area contributed by atoms with Gasteiger partial charge in [0.25, 0.3) is 0 Å². The van der Waals surface area contributed by atoms with E-state index in [1.165, 1.54) is 0 Å². The number of carboxylic acids is 1. The number of aliphatic carboxylic acids is 1. The Morgan fingerprint density at radius 3 is 2.67 bits per heavy atom. The van der Waals surface area contributed by atoms with Crippen LogP contribution in [-0.2, 0) is 14.3 Å². The molecule has 1 aliphatic heterocycles. The largest absolute Gasteiger partial charge is 0.479 e. The molecule has 0 aliphatic carbocycles. The fourth-order valence-corrected chi connectivity index (χ4v) is 1.74. The fraction of sp³-hybridized carbons (Fsp3) is 0.800. The normalized spacial score (nSPS) is 23.7. The molecule has 0 radical (unpaired) electrons. The van der Waals surface area contributed by atoms with E-state index in [-0.39, 0.29) is 6.04 Å². The molecule has 0 bridgehead atoms.